The van der Waals surface area contributed by atoms with Crippen molar-refractivity contribution in [2.75, 3.05) is 6.54 Å². The lowest BCUT2D eigenvalue weighted by Crippen LogP contribution is -2.31. The second kappa shape index (κ2) is 6.36. The van der Waals surface area contributed by atoms with E-state index in [4.69, 9.17) is 4.42 Å². The topological polar surface area (TPSA) is 95.0 Å². The third-order valence-corrected chi connectivity index (χ3v) is 4.52. The molecule has 0 atom stereocenters. The van der Waals surface area contributed by atoms with Crippen molar-refractivity contribution in [3.8, 4) is 5.00 Å². The molecular weight excluding hydrogens is 342 g/mol. The van der Waals surface area contributed by atoms with E-state index in [2.05, 4.69) is 15.7 Å². The molecule has 3 aromatic heterocycles. The molecule has 0 aliphatic carbocycles. The van der Waals surface area contributed by atoms with Crippen LogP contribution in [0.2, 0.25) is 0 Å². The number of carbonyl (C=O) groups is 1. The lowest BCUT2D eigenvalue weighted by atomic mass is 10.2. The summed E-state index contributed by atoms with van der Waals surface area (Å²) in [4.78, 5) is 24.5. The maximum Gasteiger partial charge on any atom is 0.369 e. The third kappa shape index (κ3) is 2.85. The van der Waals surface area contributed by atoms with Crippen LogP contribution in [0.1, 0.15) is 10.6 Å². The Bertz CT molecular complexity index is 1080. The Morgan fingerprint density at radius 3 is 2.92 bits per heavy atom. The van der Waals surface area contributed by atoms with Gasteiger partial charge in [-0.25, -0.2) is 4.79 Å². The average Bonchev–Trinajstić information content (AvgIpc) is 3.35. The molecule has 0 unspecified atom stereocenters. The van der Waals surface area contributed by atoms with Gasteiger partial charge < -0.3 is 9.73 Å². The summed E-state index contributed by atoms with van der Waals surface area (Å²) in [5, 5.41) is 14.6. The minimum Gasteiger partial charge on any atom is -0.458 e. The van der Waals surface area contributed by atoms with Crippen LogP contribution in [0.5, 0.6) is 0 Å². The number of fused-ring (bicyclic) bond motifs is 1. The van der Waals surface area contributed by atoms with Crippen molar-refractivity contribution in [1.29, 1.82) is 0 Å². The number of aromatic nitrogens is 4. The van der Waals surface area contributed by atoms with Gasteiger partial charge >= 0.3 is 5.69 Å². The molecule has 0 aliphatic rings. The first kappa shape index (κ1) is 15.3. The molecule has 4 rings (SSSR count). The molecule has 4 aromatic rings. The molecule has 1 N–H and O–H groups in total. The highest BCUT2D eigenvalue weighted by Crippen LogP contribution is 2.20. The summed E-state index contributed by atoms with van der Waals surface area (Å²) in [6.07, 6.45) is 1.54. The van der Waals surface area contributed by atoms with Gasteiger partial charge in [0.2, 0.25) is 0 Å². The SMILES string of the molecule is O=C(NCCn1nnn(-c2cccs2)c1=O)c1occ2ccccc12. The van der Waals surface area contributed by atoms with E-state index in [0.717, 1.165) is 10.8 Å². The van der Waals surface area contributed by atoms with Crippen molar-refractivity contribution < 1.29 is 9.21 Å². The first-order valence-electron chi connectivity index (χ1n) is 7.55. The fourth-order valence-electron chi connectivity index (χ4n) is 2.47. The van der Waals surface area contributed by atoms with Crippen LogP contribution in [0.3, 0.4) is 0 Å². The number of nitrogens with zero attached hydrogens (tertiary/aromatic N) is 4. The number of benzene rings is 1. The predicted molar refractivity (Wildman–Crippen MR) is 92.0 cm³/mol. The first-order chi connectivity index (χ1) is 12.2. The quantitative estimate of drug-likeness (QED) is 0.587. The van der Waals surface area contributed by atoms with E-state index in [-0.39, 0.29) is 30.4 Å². The zero-order valence-corrected chi connectivity index (χ0v) is 13.8. The summed E-state index contributed by atoms with van der Waals surface area (Å²) in [7, 11) is 0. The molecule has 0 saturated carbocycles. The van der Waals surface area contributed by atoms with Crippen LogP contribution in [-0.4, -0.2) is 32.2 Å². The van der Waals surface area contributed by atoms with Crippen LogP contribution in [0.25, 0.3) is 15.8 Å². The Morgan fingerprint density at radius 2 is 2.08 bits per heavy atom. The largest absolute Gasteiger partial charge is 0.458 e. The van der Waals surface area contributed by atoms with E-state index in [1.807, 2.05) is 35.7 Å². The van der Waals surface area contributed by atoms with E-state index < -0.39 is 0 Å². The second-order valence-electron chi connectivity index (χ2n) is 5.26. The van der Waals surface area contributed by atoms with Gasteiger partial charge in [-0.2, -0.15) is 9.36 Å². The van der Waals surface area contributed by atoms with Crippen molar-refractivity contribution in [2.45, 2.75) is 6.54 Å². The molecule has 0 bridgehead atoms. The van der Waals surface area contributed by atoms with Gasteiger partial charge in [-0.05, 0) is 27.9 Å². The number of hydrogen-bond acceptors (Lipinski definition) is 6. The highest BCUT2D eigenvalue weighted by Gasteiger charge is 2.15. The number of tetrazole rings is 1. The lowest BCUT2D eigenvalue weighted by Gasteiger charge is -2.02. The van der Waals surface area contributed by atoms with Gasteiger partial charge in [-0.15, -0.1) is 11.3 Å². The number of amides is 1. The summed E-state index contributed by atoms with van der Waals surface area (Å²) < 4.78 is 7.78. The van der Waals surface area contributed by atoms with E-state index in [9.17, 15) is 9.59 Å². The van der Waals surface area contributed by atoms with Crippen LogP contribution >= 0.6 is 11.3 Å². The second-order valence-corrected chi connectivity index (χ2v) is 6.18. The fraction of sp³-hybridized carbons (Fsp3) is 0.125. The van der Waals surface area contributed by atoms with E-state index in [1.54, 1.807) is 12.3 Å². The van der Waals surface area contributed by atoms with Crippen LogP contribution in [0.4, 0.5) is 0 Å². The number of nitrogens with one attached hydrogen (secondary N) is 1. The van der Waals surface area contributed by atoms with Crippen molar-refractivity contribution in [2.24, 2.45) is 0 Å². The molecule has 0 radical (unpaired) electrons. The molecule has 0 spiro atoms. The Kier molecular flexibility index (Phi) is 3.90. The van der Waals surface area contributed by atoms with Gasteiger partial charge in [0.05, 0.1) is 12.8 Å². The molecule has 3 heterocycles. The van der Waals surface area contributed by atoms with Crippen molar-refractivity contribution in [3.05, 3.63) is 64.3 Å². The zero-order valence-electron chi connectivity index (χ0n) is 13.0. The number of thiophene rings is 1. The summed E-state index contributed by atoms with van der Waals surface area (Å²) in [5.41, 5.74) is -0.347. The minimum absolute atomic E-state index is 0.217. The van der Waals surface area contributed by atoms with Gasteiger partial charge in [0, 0.05) is 17.3 Å². The summed E-state index contributed by atoms with van der Waals surface area (Å²) in [6, 6.07) is 11.0. The maximum absolute atomic E-state index is 12.3. The standard InChI is InChI=1S/C16H13N5O3S/c22-15(14-12-5-2-1-4-11(12)10-24-14)17-7-8-20-16(23)21(19-18-20)13-6-3-9-25-13/h1-6,9-10H,7-8H2,(H,17,22). The summed E-state index contributed by atoms with van der Waals surface area (Å²) in [5.74, 6) is -0.0786. The molecule has 0 saturated heterocycles. The normalized spacial score (nSPS) is 11.0. The molecule has 126 valence electrons. The number of carbonyl (C=O) groups excluding carboxylic acids is 1. The molecule has 25 heavy (non-hydrogen) atoms. The maximum atomic E-state index is 12.3. The number of furan rings is 1. The molecule has 0 aliphatic heterocycles. The Balaban J connectivity index is 1.43. The molecule has 0 fully saturated rings. The Labute approximate surface area is 145 Å². The smallest absolute Gasteiger partial charge is 0.369 e. The Hall–Kier alpha value is -3.20. The van der Waals surface area contributed by atoms with Gasteiger partial charge in [-0.3, -0.25) is 4.79 Å². The minimum atomic E-state index is -0.347. The van der Waals surface area contributed by atoms with Crippen LogP contribution < -0.4 is 11.0 Å². The highest BCUT2D eigenvalue weighted by molar-refractivity contribution is 7.12. The van der Waals surface area contributed by atoms with Gasteiger partial charge in [0.15, 0.2) is 5.76 Å². The Morgan fingerprint density at radius 1 is 1.20 bits per heavy atom. The molecule has 9 heteroatoms. The van der Waals surface area contributed by atoms with E-state index in [0.29, 0.717) is 5.00 Å². The van der Waals surface area contributed by atoms with Crippen LogP contribution in [-0.2, 0) is 6.54 Å². The van der Waals surface area contributed by atoms with Crippen molar-refractivity contribution in [1.82, 2.24) is 25.1 Å². The van der Waals surface area contributed by atoms with E-state index >= 15 is 0 Å². The molecule has 8 nitrogen and oxygen atoms in total. The third-order valence-electron chi connectivity index (χ3n) is 3.68. The zero-order chi connectivity index (χ0) is 17.2. The van der Waals surface area contributed by atoms with Gasteiger partial charge in [0.25, 0.3) is 5.91 Å². The average molecular weight is 355 g/mol. The van der Waals surface area contributed by atoms with Crippen molar-refractivity contribution in [3.63, 3.8) is 0 Å². The lowest BCUT2D eigenvalue weighted by molar-refractivity contribution is 0.0926. The monoisotopic (exact) mass is 355 g/mol. The van der Waals surface area contributed by atoms with Crippen LogP contribution in [0.15, 0.2) is 57.3 Å². The van der Waals surface area contributed by atoms with E-state index in [1.165, 1.54) is 20.7 Å². The van der Waals surface area contributed by atoms with Gasteiger partial charge in [0.1, 0.15) is 5.00 Å². The van der Waals surface area contributed by atoms with Crippen molar-refractivity contribution >= 4 is 28.0 Å². The summed E-state index contributed by atoms with van der Waals surface area (Å²) in [6.45, 7) is 0.450. The molecular formula is C16H13N5O3S. The first-order valence-corrected chi connectivity index (χ1v) is 8.43. The highest BCUT2D eigenvalue weighted by atomic mass is 32.1. The molecule has 1 amide bonds. The van der Waals surface area contributed by atoms with Gasteiger partial charge in [-0.1, -0.05) is 24.3 Å². The molecule has 1 aromatic carbocycles. The van der Waals surface area contributed by atoms with Crippen LogP contribution in [0, 0.1) is 0 Å². The fourth-order valence-corrected chi connectivity index (χ4v) is 3.14. The summed E-state index contributed by atoms with van der Waals surface area (Å²) >= 11 is 1.40. The predicted octanol–water partition coefficient (Wildman–Crippen LogP) is 1.67. The number of rotatable bonds is 5. The number of hydrogen-bond donors (Lipinski definition) is 1.